The molecule has 168 valence electrons. The Bertz CT molecular complexity index is 1160. The van der Waals surface area contributed by atoms with Crippen LogP contribution < -0.4 is 21.8 Å². The fourth-order valence-corrected chi connectivity index (χ4v) is 4.20. The molecule has 32 heavy (non-hydrogen) atoms. The van der Waals surface area contributed by atoms with Crippen LogP contribution in [0.25, 0.3) is 10.9 Å². The summed E-state index contributed by atoms with van der Waals surface area (Å²) in [4.78, 5) is 39.7. The zero-order chi connectivity index (χ0) is 22.9. The van der Waals surface area contributed by atoms with Crippen LogP contribution in [0.3, 0.4) is 0 Å². The van der Waals surface area contributed by atoms with Crippen molar-refractivity contribution in [2.45, 2.75) is 43.1 Å². The number of fused-ring (bicyclic) bond motifs is 1. The summed E-state index contributed by atoms with van der Waals surface area (Å²) in [6, 6.07) is 14.7. The predicted octanol–water partition coefficient (Wildman–Crippen LogP) is 2.60. The van der Waals surface area contributed by atoms with Gasteiger partial charge in [0, 0.05) is 18.7 Å². The standard InChI is InChI=1S/C23H26N4O4S/c24-20(28)11-2-1-5-12-27-22(30)18-9-3-4-10-19(18)26-23(27)32-15-16-7-6-8-17(13-16)31-14-21(25)29/h3-4,6-10,13H,1-2,5,11-12,14-15H2,(H2,24,28)(H2,25,29). The van der Waals surface area contributed by atoms with Crippen LogP contribution in [0.1, 0.15) is 31.2 Å². The van der Waals surface area contributed by atoms with E-state index in [9.17, 15) is 14.4 Å². The van der Waals surface area contributed by atoms with E-state index in [0.717, 1.165) is 18.4 Å². The first-order valence-electron chi connectivity index (χ1n) is 10.3. The first-order chi connectivity index (χ1) is 15.4. The topological polar surface area (TPSA) is 130 Å². The van der Waals surface area contributed by atoms with Crippen LogP contribution in [0.2, 0.25) is 0 Å². The molecule has 0 bridgehead atoms. The highest BCUT2D eigenvalue weighted by atomic mass is 32.2. The van der Waals surface area contributed by atoms with Crippen molar-refractivity contribution in [3.63, 3.8) is 0 Å². The molecule has 0 radical (unpaired) electrons. The number of hydrogen-bond acceptors (Lipinski definition) is 6. The number of carbonyl (C=O) groups is 2. The third kappa shape index (κ3) is 6.58. The van der Waals surface area contributed by atoms with Crippen molar-refractivity contribution in [1.29, 1.82) is 0 Å². The number of ether oxygens (including phenoxy) is 1. The molecule has 0 aliphatic rings. The van der Waals surface area contributed by atoms with E-state index in [0.29, 0.717) is 46.9 Å². The number of carbonyl (C=O) groups excluding carboxylic acids is 2. The van der Waals surface area contributed by atoms with E-state index in [-0.39, 0.29) is 18.1 Å². The molecule has 0 aliphatic heterocycles. The minimum absolute atomic E-state index is 0.0773. The molecule has 2 aromatic carbocycles. The summed E-state index contributed by atoms with van der Waals surface area (Å²) in [5.41, 5.74) is 11.9. The Morgan fingerprint density at radius 1 is 1.00 bits per heavy atom. The first-order valence-corrected chi connectivity index (χ1v) is 11.3. The van der Waals surface area contributed by atoms with Crippen LogP contribution in [0, 0.1) is 0 Å². The monoisotopic (exact) mass is 454 g/mol. The first kappa shape index (κ1) is 23.3. The van der Waals surface area contributed by atoms with Gasteiger partial charge < -0.3 is 16.2 Å². The Labute approximate surface area is 190 Å². The van der Waals surface area contributed by atoms with E-state index in [1.54, 1.807) is 16.7 Å². The molecule has 0 spiro atoms. The van der Waals surface area contributed by atoms with Gasteiger partial charge in [-0.3, -0.25) is 19.0 Å². The number of amides is 2. The van der Waals surface area contributed by atoms with Crippen LogP contribution in [0.4, 0.5) is 0 Å². The van der Waals surface area contributed by atoms with E-state index in [4.69, 9.17) is 21.2 Å². The van der Waals surface area contributed by atoms with Gasteiger partial charge in [-0.2, -0.15) is 0 Å². The van der Waals surface area contributed by atoms with Gasteiger partial charge in [-0.1, -0.05) is 42.4 Å². The molecule has 0 saturated carbocycles. The Balaban J connectivity index is 1.77. The van der Waals surface area contributed by atoms with Crippen LogP contribution >= 0.6 is 11.8 Å². The van der Waals surface area contributed by atoms with Gasteiger partial charge >= 0.3 is 0 Å². The van der Waals surface area contributed by atoms with Gasteiger partial charge in [0.05, 0.1) is 10.9 Å². The summed E-state index contributed by atoms with van der Waals surface area (Å²) in [6.45, 7) is 0.331. The number of aromatic nitrogens is 2. The quantitative estimate of drug-likeness (QED) is 0.246. The minimum Gasteiger partial charge on any atom is -0.484 e. The molecule has 3 rings (SSSR count). The summed E-state index contributed by atoms with van der Waals surface area (Å²) in [7, 11) is 0. The van der Waals surface area contributed by atoms with E-state index in [2.05, 4.69) is 0 Å². The maximum atomic E-state index is 13.1. The molecule has 0 unspecified atom stereocenters. The van der Waals surface area contributed by atoms with E-state index in [1.807, 2.05) is 36.4 Å². The second-order valence-corrected chi connectivity index (χ2v) is 8.28. The van der Waals surface area contributed by atoms with E-state index < -0.39 is 5.91 Å². The van der Waals surface area contributed by atoms with Crippen molar-refractivity contribution in [3.8, 4) is 5.75 Å². The van der Waals surface area contributed by atoms with Gasteiger partial charge in [-0.15, -0.1) is 0 Å². The Hall–Kier alpha value is -3.33. The summed E-state index contributed by atoms with van der Waals surface area (Å²) in [5, 5.41) is 1.21. The van der Waals surface area contributed by atoms with Crippen molar-refractivity contribution in [3.05, 3.63) is 64.4 Å². The lowest BCUT2D eigenvalue weighted by Gasteiger charge is -2.13. The predicted molar refractivity (Wildman–Crippen MR) is 124 cm³/mol. The zero-order valence-corrected chi connectivity index (χ0v) is 18.5. The number of hydrogen-bond donors (Lipinski definition) is 2. The smallest absolute Gasteiger partial charge is 0.262 e. The number of thioether (sulfide) groups is 1. The Morgan fingerprint density at radius 2 is 1.81 bits per heavy atom. The summed E-state index contributed by atoms with van der Waals surface area (Å²) in [6.07, 6.45) is 2.59. The fraction of sp³-hybridized carbons (Fsp3) is 0.304. The Morgan fingerprint density at radius 3 is 2.59 bits per heavy atom. The van der Waals surface area contributed by atoms with Crippen LogP contribution in [-0.4, -0.2) is 28.0 Å². The summed E-state index contributed by atoms with van der Waals surface area (Å²) >= 11 is 1.46. The molecule has 0 fully saturated rings. The molecule has 0 aliphatic carbocycles. The average Bonchev–Trinajstić information content (AvgIpc) is 2.77. The van der Waals surface area contributed by atoms with E-state index >= 15 is 0 Å². The molecule has 1 heterocycles. The maximum absolute atomic E-state index is 13.1. The van der Waals surface area contributed by atoms with Crippen LogP contribution in [0.5, 0.6) is 5.75 Å². The molecule has 0 saturated heterocycles. The van der Waals surface area contributed by atoms with Crippen molar-refractivity contribution in [1.82, 2.24) is 9.55 Å². The molecular weight excluding hydrogens is 428 g/mol. The zero-order valence-electron chi connectivity index (χ0n) is 17.7. The normalized spacial score (nSPS) is 10.9. The van der Waals surface area contributed by atoms with Gasteiger partial charge in [-0.05, 0) is 42.7 Å². The number of benzene rings is 2. The second-order valence-electron chi connectivity index (χ2n) is 7.34. The number of para-hydroxylation sites is 1. The van der Waals surface area contributed by atoms with E-state index in [1.165, 1.54) is 11.8 Å². The summed E-state index contributed by atoms with van der Waals surface area (Å²) in [5.74, 6) is 0.276. The van der Waals surface area contributed by atoms with Crippen molar-refractivity contribution in [2.75, 3.05) is 6.61 Å². The SMILES string of the molecule is NC(=O)CCCCCn1c(SCc2cccc(OCC(N)=O)c2)nc2ccccc2c1=O. The van der Waals surface area contributed by atoms with Crippen molar-refractivity contribution in [2.24, 2.45) is 11.5 Å². The molecule has 1 aromatic heterocycles. The van der Waals surface area contributed by atoms with Crippen molar-refractivity contribution >= 4 is 34.5 Å². The second kappa shape index (κ2) is 11.3. The third-order valence-electron chi connectivity index (χ3n) is 4.78. The van der Waals surface area contributed by atoms with Gasteiger partial charge in [0.25, 0.3) is 11.5 Å². The molecule has 0 atom stereocenters. The number of nitrogens with two attached hydrogens (primary N) is 2. The molecule has 2 amide bonds. The highest BCUT2D eigenvalue weighted by molar-refractivity contribution is 7.98. The number of primary amides is 2. The van der Waals surface area contributed by atoms with Crippen LogP contribution in [0.15, 0.2) is 58.5 Å². The van der Waals surface area contributed by atoms with Gasteiger partial charge in [0.1, 0.15) is 5.75 Å². The highest BCUT2D eigenvalue weighted by Gasteiger charge is 2.12. The number of unbranched alkanes of at least 4 members (excludes halogenated alkanes) is 2. The lowest BCUT2D eigenvalue weighted by atomic mass is 10.2. The van der Waals surface area contributed by atoms with Crippen molar-refractivity contribution < 1.29 is 14.3 Å². The largest absolute Gasteiger partial charge is 0.484 e. The van der Waals surface area contributed by atoms with Crippen LogP contribution in [-0.2, 0) is 21.9 Å². The molecule has 3 aromatic rings. The Kier molecular flexibility index (Phi) is 8.27. The summed E-state index contributed by atoms with van der Waals surface area (Å²) < 4.78 is 7.07. The molecular formula is C23H26N4O4S. The highest BCUT2D eigenvalue weighted by Crippen LogP contribution is 2.24. The van der Waals surface area contributed by atoms with Gasteiger partial charge in [-0.25, -0.2) is 4.98 Å². The lowest BCUT2D eigenvalue weighted by Crippen LogP contribution is -2.23. The minimum atomic E-state index is -0.537. The number of nitrogens with zero attached hydrogens (tertiary/aromatic N) is 2. The number of rotatable bonds is 12. The maximum Gasteiger partial charge on any atom is 0.262 e. The third-order valence-corrected chi connectivity index (χ3v) is 5.83. The molecule has 4 N–H and O–H groups in total. The fourth-order valence-electron chi connectivity index (χ4n) is 3.23. The van der Waals surface area contributed by atoms with Gasteiger partial charge in [0.15, 0.2) is 11.8 Å². The van der Waals surface area contributed by atoms with Gasteiger partial charge in [0.2, 0.25) is 5.91 Å². The lowest BCUT2D eigenvalue weighted by molar-refractivity contribution is -0.120. The molecule has 9 heteroatoms. The average molecular weight is 455 g/mol. The molecule has 8 nitrogen and oxygen atoms in total.